The summed E-state index contributed by atoms with van der Waals surface area (Å²) in [5.74, 6) is 0.210. The van der Waals surface area contributed by atoms with Crippen molar-refractivity contribution in [2.45, 2.75) is 0 Å². The number of para-hydroxylation sites is 2. The molecule has 0 N–H and O–H groups in total. The Bertz CT molecular complexity index is 964. The molecule has 0 saturated carbocycles. The van der Waals surface area contributed by atoms with Crippen molar-refractivity contribution in [1.82, 2.24) is 0 Å². The minimum absolute atomic E-state index is 0.359. The molecule has 4 nitrogen and oxygen atoms in total. The molecule has 0 unspecified atom stereocenters. The predicted octanol–water partition coefficient (Wildman–Crippen LogP) is 4.93. The van der Waals surface area contributed by atoms with Gasteiger partial charge >= 0.3 is 0 Å². The molecule has 0 aliphatic carbocycles. The highest BCUT2D eigenvalue weighted by atomic mass is 35.5. The summed E-state index contributed by atoms with van der Waals surface area (Å²) in [6.45, 7) is 0. The number of hydrogen-bond acceptors (Lipinski definition) is 3. The lowest BCUT2D eigenvalue weighted by molar-refractivity contribution is 0.0925. The minimum Gasteiger partial charge on any atom is -0.455 e. The van der Waals surface area contributed by atoms with Crippen LogP contribution in [0.4, 0.5) is 5.69 Å². The van der Waals surface area contributed by atoms with Gasteiger partial charge in [-0.05, 0) is 42.5 Å². The van der Waals surface area contributed by atoms with E-state index in [1.807, 2.05) is 0 Å². The quantitative estimate of drug-likeness (QED) is 0.630. The lowest BCUT2D eigenvalue weighted by Gasteiger charge is -2.18. The van der Waals surface area contributed by atoms with Gasteiger partial charge in [0, 0.05) is 5.02 Å². The summed E-state index contributed by atoms with van der Waals surface area (Å²) in [5, 5.41) is 0.538. The average molecular weight is 350 g/mol. The van der Waals surface area contributed by atoms with Crippen molar-refractivity contribution in [3.63, 3.8) is 0 Å². The predicted molar refractivity (Wildman–Crippen MR) is 95.6 cm³/mol. The molecule has 0 bridgehead atoms. The molecule has 4 rings (SSSR count). The largest absolute Gasteiger partial charge is 0.455 e. The number of hydrogen-bond donors (Lipinski definition) is 0. The number of anilines is 1. The topological polar surface area (TPSA) is 46.6 Å². The molecule has 25 heavy (non-hydrogen) atoms. The van der Waals surface area contributed by atoms with E-state index in [2.05, 4.69) is 0 Å². The third-order valence-electron chi connectivity index (χ3n) is 3.92. The molecular formula is C20H12ClNO3. The highest BCUT2D eigenvalue weighted by Crippen LogP contribution is 2.37. The highest BCUT2D eigenvalue weighted by molar-refractivity contribution is 6.34. The first-order valence-electron chi connectivity index (χ1n) is 7.65. The number of amides is 2. The normalized spacial score (nSPS) is 13.1. The summed E-state index contributed by atoms with van der Waals surface area (Å²) in [7, 11) is 0. The zero-order valence-electron chi connectivity index (χ0n) is 13.0. The third kappa shape index (κ3) is 2.66. The lowest BCUT2D eigenvalue weighted by Crippen LogP contribution is -2.29. The van der Waals surface area contributed by atoms with Crippen LogP contribution in [-0.2, 0) is 0 Å². The molecule has 0 fully saturated rings. The van der Waals surface area contributed by atoms with Crippen molar-refractivity contribution >= 4 is 29.1 Å². The van der Waals surface area contributed by atoms with E-state index in [1.165, 1.54) is 0 Å². The van der Waals surface area contributed by atoms with E-state index in [1.54, 1.807) is 72.8 Å². The van der Waals surface area contributed by atoms with E-state index in [0.29, 0.717) is 33.3 Å². The van der Waals surface area contributed by atoms with Crippen molar-refractivity contribution in [2.24, 2.45) is 0 Å². The van der Waals surface area contributed by atoms with Crippen molar-refractivity contribution in [2.75, 3.05) is 4.90 Å². The van der Waals surface area contributed by atoms with Gasteiger partial charge in [-0.1, -0.05) is 41.9 Å². The van der Waals surface area contributed by atoms with Gasteiger partial charge < -0.3 is 4.74 Å². The number of carbonyl (C=O) groups excluding carboxylic acids is 2. The molecule has 0 radical (unpaired) electrons. The number of fused-ring (bicyclic) bond motifs is 1. The molecule has 5 heteroatoms. The Morgan fingerprint density at radius 1 is 0.760 bits per heavy atom. The van der Waals surface area contributed by atoms with Gasteiger partial charge in [0.15, 0.2) is 5.75 Å². The van der Waals surface area contributed by atoms with E-state index >= 15 is 0 Å². The molecule has 2 amide bonds. The molecule has 1 aliphatic rings. The van der Waals surface area contributed by atoms with Crippen LogP contribution >= 0.6 is 11.6 Å². The number of halogens is 1. The highest BCUT2D eigenvalue weighted by Gasteiger charge is 2.37. The smallest absolute Gasteiger partial charge is 0.266 e. The fourth-order valence-electron chi connectivity index (χ4n) is 2.79. The van der Waals surface area contributed by atoms with E-state index in [4.69, 9.17) is 16.3 Å². The standard InChI is InChI=1S/C20H12ClNO3/c21-13-6-5-7-14(12-13)25-18-11-4-3-10-17(18)22-19(23)15-8-1-2-9-16(15)20(22)24/h1-12H. The molecule has 122 valence electrons. The number of nitrogens with zero attached hydrogens (tertiary/aromatic N) is 1. The maximum absolute atomic E-state index is 12.7. The van der Waals surface area contributed by atoms with Crippen LogP contribution in [0.15, 0.2) is 72.8 Å². The van der Waals surface area contributed by atoms with Crippen LogP contribution in [0.3, 0.4) is 0 Å². The number of imide groups is 1. The first-order valence-corrected chi connectivity index (χ1v) is 8.03. The van der Waals surface area contributed by atoms with Crippen LogP contribution in [-0.4, -0.2) is 11.8 Å². The summed E-state index contributed by atoms with van der Waals surface area (Å²) >= 11 is 5.99. The van der Waals surface area contributed by atoms with Crippen molar-refractivity contribution in [1.29, 1.82) is 0 Å². The summed E-state index contributed by atoms with van der Waals surface area (Å²) in [4.78, 5) is 26.5. The van der Waals surface area contributed by atoms with Crippen LogP contribution in [0, 0.1) is 0 Å². The van der Waals surface area contributed by atoms with Crippen LogP contribution in [0.5, 0.6) is 11.5 Å². The van der Waals surface area contributed by atoms with Gasteiger partial charge in [-0.15, -0.1) is 0 Å². The monoisotopic (exact) mass is 349 g/mol. The van der Waals surface area contributed by atoms with Crippen LogP contribution < -0.4 is 9.64 Å². The molecule has 0 spiro atoms. The van der Waals surface area contributed by atoms with E-state index in [-0.39, 0.29) is 11.8 Å². The fraction of sp³-hybridized carbons (Fsp3) is 0. The Morgan fingerprint density at radius 3 is 2.08 bits per heavy atom. The summed E-state index contributed by atoms with van der Waals surface area (Å²) in [6, 6.07) is 20.6. The van der Waals surface area contributed by atoms with E-state index in [0.717, 1.165) is 4.90 Å². The molecule has 3 aromatic carbocycles. The zero-order chi connectivity index (χ0) is 17.4. The number of rotatable bonds is 3. The first kappa shape index (κ1) is 15.4. The Kier molecular flexibility index (Phi) is 3.75. The van der Waals surface area contributed by atoms with Gasteiger partial charge in [-0.2, -0.15) is 0 Å². The van der Waals surface area contributed by atoms with Crippen LogP contribution in [0.25, 0.3) is 0 Å². The van der Waals surface area contributed by atoms with E-state index in [9.17, 15) is 9.59 Å². The lowest BCUT2D eigenvalue weighted by atomic mass is 10.1. The second-order valence-corrected chi connectivity index (χ2v) is 5.95. The Balaban J connectivity index is 1.75. The maximum atomic E-state index is 12.7. The summed E-state index contributed by atoms with van der Waals surface area (Å²) in [5.41, 5.74) is 1.18. The summed E-state index contributed by atoms with van der Waals surface area (Å²) < 4.78 is 5.87. The van der Waals surface area contributed by atoms with Gasteiger partial charge in [0.25, 0.3) is 11.8 Å². The zero-order valence-corrected chi connectivity index (χ0v) is 13.7. The second kappa shape index (κ2) is 6.07. The molecular weight excluding hydrogens is 338 g/mol. The first-order chi connectivity index (χ1) is 12.1. The summed E-state index contributed by atoms with van der Waals surface area (Å²) in [6.07, 6.45) is 0. The van der Waals surface area contributed by atoms with Crippen molar-refractivity contribution in [3.8, 4) is 11.5 Å². The Morgan fingerprint density at radius 2 is 1.40 bits per heavy atom. The number of ether oxygens (including phenoxy) is 1. The number of carbonyl (C=O) groups is 2. The third-order valence-corrected chi connectivity index (χ3v) is 4.16. The minimum atomic E-state index is -0.359. The van der Waals surface area contributed by atoms with Gasteiger partial charge in [0.1, 0.15) is 5.75 Å². The molecule has 0 atom stereocenters. The van der Waals surface area contributed by atoms with Crippen LogP contribution in [0.2, 0.25) is 5.02 Å². The van der Waals surface area contributed by atoms with Gasteiger partial charge in [0.2, 0.25) is 0 Å². The Labute approximate surface area is 149 Å². The van der Waals surface area contributed by atoms with Gasteiger partial charge in [-0.3, -0.25) is 9.59 Å². The molecule has 3 aromatic rings. The molecule has 1 aliphatic heterocycles. The average Bonchev–Trinajstić information content (AvgIpc) is 2.87. The van der Waals surface area contributed by atoms with Gasteiger partial charge in [0.05, 0.1) is 16.8 Å². The Hall–Kier alpha value is -3.11. The molecule has 0 aromatic heterocycles. The SMILES string of the molecule is O=C1c2ccccc2C(=O)N1c1ccccc1Oc1cccc(Cl)c1. The van der Waals surface area contributed by atoms with E-state index < -0.39 is 0 Å². The maximum Gasteiger partial charge on any atom is 0.266 e. The van der Waals surface area contributed by atoms with Crippen molar-refractivity contribution < 1.29 is 14.3 Å². The van der Waals surface area contributed by atoms with Crippen LogP contribution in [0.1, 0.15) is 20.7 Å². The van der Waals surface area contributed by atoms with Gasteiger partial charge in [-0.25, -0.2) is 4.90 Å². The molecule has 0 saturated heterocycles. The number of benzene rings is 3. The molecule has 1 heterocycles. The fourth-order valence-corrected chi connectivity index (χ4v) is 2.97. The second-order valence-electron chi connectivity index (χ2n) is 5.52. The van der Waals surface area contributed by atoms with Crippen molar-refractivity contribution in [3.05, 3.63) is 88.9 Å².